The fourth-order valence-electron chi connectivity index (χ4n) is 1.52. The minimum Gasteiger partial charge on any atom is -0.397 e. The summed E-state index contributed by atoms with van der Waals surface area (Å²) in [5.41, 5.74) is 7.01. The van der Waals surface area contributed by atoms with Crippen LogP contribution in [-0.4, -0.2) is 22.9 Å². The molecule has 0 aliphatic heterocycles. The molecule has 0 aliphatic carbocycles. The molecule has 5 heteroatoms. The molecule has 0 aromatic carbocycles. The summed E-state index contributed by atoms with van der Waals surface area (Å²) < 4.78 is 0. The molecule has 0 radical (unpaired) electrons. The molecule has 0 saturated carbocycles. The van der Waals surface area contributed by atoms with E-state index in [4.69, 9.17) is 5.73 Å². The van der Waals surface area contributed by atoms with E-state index in [-0.39, 0.29) is 5.91 Å². The van der Waals surface area contributed by atoms with Crippen molar-refractivity contribution >= 4 is 17.4 Å². The van der Waals surface area contributed by atoms with Gasteiger partial charge < -0.3 is 5.73 Å². The van der Waals surface area contributed by atoms with E-state index in [9.17, 15) is 4.79 Å². The number of anilines is 2. The van der Waals surface area contributed by atoms with Crippen molar-refractivity contribution in [2.24, 2.45) is 0 Å². The Morgan fingerprint density at radius 3 is 2.78 bits per heavy atom. The monoisotopic (exact) mass is 242 g/mol. The maximum atomic E-state index is 12.0. The summed E-state index contributed by atoms with van der Waals surface area (Å²) in [6, 6.07) is 7.12. The van der Waals surface area contributed by atoms with Crippen LogP contribution in [0.5, 0.6) is 0 Å². The van der Waals surface area contributed by atoms with Crippen LogP contribution in [0.3, 0.4) is 0 Å². The second-order valence-corrected chi connectivity index (χ2v) is 3.94. The molecule has 0 unspecified atom stereocenters. The highest BCUT2D eigenvalue weighted by Gasteiger charge is 2.12. The quantitative estimate of drug-likeness (QED) is 0.879. The van der Waals surface area contributed by atoms with Gasteiger partial charge in [-0.3, -0.25) is 14.7 Å². The van der Waals surface area contributed by atoms with Gasteiger partial charge in [0, 0.05) is 19.4 Å². The Bertz CT molecular complexity index is 524. The number of carbonyl (C=O) groups excluding carboxylic acids is 1. The van der Waals surface area contributed by atoms with Crippen LogP contribution in [0.25, 0.3) is 0 Å². The van der Waals surface area contributed by atoms with Crippen molar-refractivity contribution in [3.05, 3.63) is 48.4 Å². The van der Waals surface area contributed by atoms with Gasteiger partial charge in [-0.2, -0.15) is 0 Å². The molecule has 2 N–H and O–H groups in total. The van der Waals surface area contributed by atoms with Gasteiger partial charge in [-0.1, -0.05) is 6.07 Å². The summed E-state index contributed by atoms with van der Waals surface area (Å²) in [5.74, 6) is 0.540. The number of likely N-dealkylation sites (N-methyl/N-ethyl adjacent to an activating group) is 1. The molecular weight excluding hydrogens is 228 g/mol. The molecule has 2 rings (SSSR count). The number of rotatable bonds is 3. The number of aromatic nitrogens is 2. The first kappa shape index (κ1) is 12.0. The highest BCUT2D eigenvalue weighted by Crippen LogP contribution is 2.12. The molecule has 0 atom stereocenters. The summed E-state index contributed by atoms with van der Waals surface area (Å²) in [4.78, 5) is 21.6. The van der Waals surface area contributed by atoms with E-state index < -0.39 is 0 Å². The fourth-order valence-corrected chi connectivity index (χ4v) is 1.52. The summed E-state index contributed by atoms with van der Waals surface area (Å²) >= 11 is 0. The lowest BCUT2D eigenvalue weighted by Gasteiger charge is -2.16. The van der Waals surface area contributed by atoms with Crippen molar-refractivity contribution in [3.8, 4) is 0 Å². The smallest absolute Gasteiger partial charge is 0.232 e. The molecule has 0 bridgehead atoms. The Balaban J connectivity index is 2.07. The van der Waals surface area contributed by atoms with Crippen LogP contribution in [0.4, 0.5) is 11.5 Å². The van der Waals surface area contributed by atoms with Crippen molar-refractivity contribution < 1.29 is 4.79 Å². The van der Waals surface area contributed by atoms with E-state index >= 15 is 0 Å². The van der Waals surface area contributed by atoms with Crippen LogP contribution < -0.4 is 10.6 Å². The summed E-state index contributed by atoms with van der Waals surface area (Å²) in [5, 5.41) is 0. The fraction of sp³-hybridized carbons (Fsp3) is 0.154. The van der Waals surface area contributed by atoms with Crippen molar-refractivity contribution in [1.82, 2.24) is 9.97 Å². The van der Waals surface area contributed by atoms with Crippen molar-refractivity contribution in [2.45, 2.75) is 6.42 Å². The third-order valence-electron chi connectivity index (χ3n) is 2.57. The molecule has 1 amide bonds. The van der Waals surface area contributed by atoms with E-state index in [1.165, 1.54) is 11.1 Å². The number of nitrogens with two attached hydrogens (primary N) is 1. The lowest BCUT2D eigenvalue weighted by Crippen LogP contribution is -2.28. The number of carbonyl (C=O) groups is 1. The van der Waals surface area contributed by atoms with Gasteiger partial charge in [-0.15, -0.1) is 0 Å². The molecule has 2 aromatic rings. The predicted molar refractivity (Wildman–Crippen MR) is 70.0 cm³/mol. The average Bonchev–Trinajstić information content (AvgIpc) is 2.40. The van der Waals surface area contributed by atoms with Crippen LogP contribution in [0.15, 0.2) is 42.9 Å². The highest BCUT2D eigenvalue weighted by molar-refractivity contribution is 5.93. The van der Waals surface area contributed by atoms with Crippen molar-refractivity contribution in [1.29, 1.82) is 0 Å². The maximum Gasteiger partial charge on any atom is 0.232 e. The van der Waals surface area contributed by atoms with Gasteiger partial charge >= 0.3 is 0 Å². The number of amides is 1. The van der Waals surface area contributed by atoms with E-state index in [0.717, 1.165) is 5.56 Å². The highest BCUT2D eigenvalue weighted by atomic mass is 16.2. The van der Waals surface area contributed by atoms with Crippen molar-refractivity contribution in [3.63, 3.8) is 0 Å². The van der Waals surface area contributed by atoms with Gasteiger partial charge in [-0.25, -0.2) is 4.98 Å². The lowest BCUT2D eigenvalue weighted by molar-refractivity contribution is -0.117. The summed E-state index contributed by atoms with van der Waals surface area (Å²) in [6.07, 6.45) is 5.20. The average molecular weight is 242 g/mol. The topological polar surface area (TPSA) is 72.1 Å². The number of nitrogen functional groups attached to an aromatic ring is 1. The number of hydrogen-bond acceptors (Lipinski definition) is 4. The molecule has 5 nitrogen and oxygen atoms in total. The Hall–Kier alpha value is -2.43. The zero-order valence-corrected chi connectivity index (χ0v) is 10.1. The SMILES string of the molecule is CN(C(=O)Cc1cccnc1)c1ccc(N)cn1. The Labute approximate surface area is 105 Å². The second-order valence-electron chi connectivity index (χ2n) is 3.94. The van der Waals surface area contributed by atoms with Gasteiger partial charge in [0.15, 0.2) is 0 Å². The van der Waals surface area contributed by atoms with E-state index in [1.54, 1.807) is 31.6 Å². The Morgan fingerprint density at radius 2 is 2.17 bits per heavy atom. The van der Waals surface area contributed by atoms with Crippen LogP contribution in [0.2, 0.25) is 0 Å². The van der Waals surface area contributed by atoms with Gasteiger partial charge in [0.2, 0.25) is 5.91 Å². The molecule has 0 fully saturated rings. The third kappa shape index (κ3) is 2.82. The van der Waals surface area contributed by atoms with Crippen LogP contribution in [0, 0.1) is 0 Å². The van der Waals surface area contributed by atoms with Gasteiger partial charge in [0.1, 0.15) is 5.82 Å². The normalized spacial score (nSPS) is 10.1. The van der Waals surface area contributed by atoms with E-state index in [2.05, 4.69) is 9.97 Å². The molecule has 2 aromatic heterocycles. The number of pyridine rings is 2. The molecule has 0 spiro atoms. The van der Waals surface area contributed by atoms with Gasteiger partial charge in [-0.05, 0) is 23.8 Å². The molecule has 0 aliphatic rings. The number of nitrogens with zero attached hydrogens (tertiary/aromatic N) is 3. The van der Waals surface area contributed by atoms with E-state index in [0.29, 0.717) is 17.9 Å². The first-order chi connectivity index (χ1) is 8.66. The minimum absolute atomic E-state index is 0.0414. The van der Waals surface area contributed by atoms with Crippen molar-refractivity contribution in [2.75, 3.05) is 17.7 Å². The molecule has 0 saturated heterocycles. The first-order valence-corrected chi connectivity index (χ1v) is 5.54. The Kier molecular flexibility index (Phi) is 3.52. The Morgan fingerprint density at radius 1 is 1.33 bits per heavy atom. The van der Waals surface area contributed by atoms with E-state index in [1.807, 2.05) is 12.1 Å². The van der Waals surface area contributed by atoms with Gasteiger partial charge in [0.05, 0.1) is 18.3 Å². The summed E-state index contributed by atoms with van der Waals surface area (Å²) in [7, 11) is 1.69. The number of hydrogen-bond donors (Lipinski definition) is 1. The zero-order chi connectivity index (χ0) is 13.0. The van der Waals surface area contributed by atoms with Crippen LogP contribution in [0.1, 0.15) is 5.56 Å². The van der Waals surface area contributed by atoms with Gasteiger partial charge in [0.25, 0.3) is 0 Å². The van der Waals surface area contributed by atoms with Crippen LogP contribution >= 0.6 is 0 Å². The lowest BCUT2D eigenvalue weighted by atomic mass is 10.2. The minimum atomic E-state index is -0.0414. The molecule has 92 valence electrons. The zero-order valence-electron chi connectivity index (χ0n) is 10.1. The molecule has 18 heavy (non-hydrogen) atoms. The van der Waals surface area contributed by atoms with Crippen LogP contribution in [-0.2, 0) is 11.2 Å². The standard InChI is InChI=1S/C13H14N4O/c1-17(12-5-4-11(14)9-16-12)13(18)7-10-3-2-6-15-8-10/h2-6,8-9H,7,14H2,1H3. The predicted octanol–water partition coefficient (Wildman–Crippen LogP) is 1.26. The molecular formula is C13H14N4O. The molecule has 2 heterocycles. The summed E-state index contributed by atoms with van der Waals surface area (Å²) in [6.45, 7) is 0. The first-order valence-electron chi connectivity index (χ1n) is 5.54. The maximum absolute atomic E-state index is 12.0. The third-order valence-corrected chi connectivity index (χ3v) is 2.57. The second kappa shape index (κ2) is 5.27. The largest absolute Gasteiger partial charge is 0.397 e.